The van der Waals surface area contributed by atoms with Crippen molar-refractivity contribution < 1.29 is 18.0 Å². The van der Waals surface area contributed by atoms with E-state index in [0.29, 0.717) is 11.4 Å². The predicted molar refractivity (Wildman–Crippen MR) is 59.9 cm³/mol. The zero-order chi connectivity index (χ0) is 12.5. The molecular formula is C10H10N2O4S. The molecule has 0 fully saturated rings. The average Bonchev–Trinajstić information content (AvgIpc) is 2.64. The van der Waals surface area contributed by atoms with Crippen LogP contribution in [-0.2, 0) is 15.6 Å². The molecule has 0 saturated carbocycles. The summed E-state index contributed by atoms with van der Waals surface area (Å²) in [6, 6.07) is 6.21. The van der Waals surface area contributed by atoms with Gasteiger partial charge in [0.05, 0.1) is 0 Å². The van der Waals surface area contributed by atoms with Crippen LogP contribution in [0.3, 0.4) is 0 Å². The van der Waals surface area contributed by atoms with Crippen LogP contribution in [0.2, 0.25) is 0 Å². The zero-order valence-corrected chi connectivity index (χ0v) is 9.81. The van der Waals surface area contributed by atoms with Crippen molar-refractivity contribution in [2.45, 2.75) is 5.75 Å². The van der Waals surface area contributed by atoms with Crippen LogP contribution in [-0.4, -0.2) is 29.9 Å². The fourth-order valence-corrected chi connectivity index (χ4v) is 1.83. The highest BCUT2D eigenvalue weighted by molar-refractivity contribution is 7.89. The van der Waals surface area contributed by atoms with E-state index in [1.165, 1.54) is 12.1 Å². The highest BCUT2D eigenvalue weighted by Gasteiger charge is 2.13. The Bertz CT molecular complexity index is 616. The van der Waals surface area contributed by atoms with Crippen molar-refractivity contribution in [3.8, 4) is 17.1 Å². The molecule has 1 aromatic heterocycles. The van der Waals surface area contributed by atoms with Crippen molar-refractivity contribution in [2.24, 2.45) is 0 Å². The fourth-order valence-electron chi connectivity index (χ4n) is 1.27. The highest BCUT2D eigenvalue weighted by atomic mass is 32.2. The minimum atomic E-state index is -3.19. The summed E-state index contributed by atoms with van der Waals surface area (Å²) in [6.45, 7) is 0. The summed E-state index contributed by atoms with van der Waals surface area (Å²) >= 11 is 0. The summed E-state index contributed by atoms with van der Waals surface area (Å²) < 4.78 is 26.9. The van der Waals surface area contributed by atoms with Crippen LogP contribution in [0.4, 0.5) is 0 Å². The van der Waals surface area contributed by atoms with Gasteiger partial charge in [-0.15, -0.1) is 0 Å². The number of hydrogen-bond donors (Lipinski definition) is 1. The van der Waals surface area contributed by atoms with E-state index in [0.717, 1.165) is 6.26 Å². The second-order valence-corrected chi connectivity index (χ2v) is 5.77. The molecule has 0 atom stereocenters. The van der Waals surface area contributed by atoms with Crippen LogP contribution >= 0.6 is 0 Å². The van der Waals surface area contributed by atoms with Gasteiger partial charge in [0.1, 0.15) is 11.5 Å². The lowest BCUT2D eigenvalue weighted by atomic mass is 10.2. The monoisotopic (exact) mass is 254 g/mol. The van der Waals surface area contributed by atoms with Gasteiger partial charge in [0.15, 0.2) is 9.84 Å². The maximum absolute atomic E-state index is 11.0. The Morgan fingerprint density at radius 1 is 1.29 bits per heavy atom. The van der Waals surface area contributed by atoms with Gasteiger partial charge in [0.25, 0.3) is 0 Å². The van der Waals surface area contributed by atoms with E-state index in [1.807, 2.05) is 0 Å². The third-order valence-corrected chi connectivity index (χ3v) is 2.75. The number of rotatable bonds is 3. The maximum atomic E-state index is 11.0. The quantitative estimate of drug-likeness (QED) is 0.877. The van der Waals surface area contributed by atoms with Gasteiger partial charge in [-0.05, 0) is 24.3 Å². The van der Waals surface area contributed by atoms with Crippen molar-refractivity contribution in [2.75, 3.05) is 6.26 Å². The Labute approximate surface area is 97.8 Å². The van der Waals surface area contributed by atoms with Crippen molar-refractivity contribution in [3.63, 3.8) is 0 Å². The van der Waals surface area contributed by atoms with Crippen molar-refractivity contribution in [3.05, 3.63) is 30.2 Å². The molecule has 0 unspecified atom stereocenters. The number of aromatic nitrogens is 2. The van der Waals surface area contributed by atoms with E-state index in [-0.39, 0.29) is 17.4 Å². The van der Waals surface area contributed by atoms with E-state index in [4.69, 9.17) is 9.63 Å². The molecule has 0 saturated heterocycles. The van der Waals surface area contributed by atoms with Gasteiger partial charge in [0.2, 0.25) is 11.7 Å². The molecule has 1 heterocycles. The molecule has 0 aliphatic carbocycles. The summed E-state index contributed by atoms with van der Waals surface area (Å²) in [4.78, 5) is 3.96. The van der Waals surface area contributed by atoms with E-state index in [1.54, 1.807) is 12.1 Å². The standard InChI is InChI=1S/C10H10N2O4S/c1-17(14,15)6-9-11-10(12-16-9)7-2-4-8(13)5-3-7/h2-5,13H,6H2,1H3. The van der Waals surface area contributed by atoms with Gasteiger partial charge in [-0.3, -0.25) is 0 Å². The summed E-state index contributed by atoms with van der Waals surface area (Å²) in [5, 5.41) is 12.8. The molecule has 0 bridgehead atoms. The van der Waals surface area contributed by atoms with E-state index in [9.17, 15) is 8.42 Å². The molecule has 90 valence electrons. The van der Waals surface area contributed by atoms with Crippen LogP contribution in [0.5, 0.6) is 5.75 Å². The summed E-state index contributed by atoms with van der Waals surface area (Å²) in [6.07, 6.45) is 1.09. The number of sulfone groups is 1. The summed E-state index contributed by atoms with van der Waals surface area (Å²) in [5.41, 5.74) is 0.645. The van der Waals surface area contributed by atoms with Gasteiger partial charge in [-0.1, -0.05) is 5.16 Å². The van der Waals surface area contributed by atoms with Crippen molar-refractivity contribution in [1.29, 1.82) is 0 Å². The predicted octanol–water partition coefficient (Wildman–Crippen LogP) is 0.987. The van der Waals surface area contributed by atoms with Crippen molar-refractivity contribution in [1.82, 2.24) is 10.1 Å². The summed E-state index contributed by atoms with van der Waals surface area (Å²) in [5.74, 6) is 0.200. The lowest BCUT2D eigenvalue weighted by molar-refractivity contribution is 0.389. The van der Waals surface area contributed by atoms with Gasteiger partial charge >= 0.3 is 0 Å². The van der Waals surface area contributed by atoms with Gasteiger partial charge in [-0.25, -0.2) is 8.42 Å². The molecule has 1 N–H and O–H groups in total. The third-order valence-electron chi connectivity index (χ3n) is 1.98. The Morgan fingerprint density at radius 2 is 1.94 bits per heavy atom. The van der Waals surface area contributed by atoms with Gasteiger partial charge < -0.3 is 9.63 Å². The lowest BCUT2D eigenvalue weighted by Crippen LogP contribution is -2.00. The zero-order valence-electron chi connectivity index (χ0n) is 8.99. The molecule has 0 spiro atoms. The molecule has 7 heteroatoms. The third kappa shape index (κ3) is 3.04. The molecule has 0 amide bonds. The first kappa shape index (κ1) is 11.6. The summed E-state index contributed by atoms with van der Waals surface area (Å²) in [7, 11) is -3.19. The van der Waals surface area contributed by atoms with E-state index in [2.05, 4.69) is 10.1 Å². The molecule has 17 heavy (non-hydrogen) atoms. The average molecular weight is 254 g/mol. The maximum Gasteiger partial charge on any atom is 0.242 e. The largest absolute Gasteiger partial charge is 0.508 e. The smallest absolute Gasteiger partial charge is 0.242 e. The van der Waals surface area contributed by atoms with Crippen LogP contribution < -0.4 is 0 Å². The fraction of sp³-hybridized carbons (Fsp3) is 0.200. The molecule has 2 aromatic rings. The topological polar surface area (TPSA) is 93.3 Å². The molecular weight excluding hydrogens is 244 g/mol. The lowest BCUT2D eigenvalue weighted by Gasteiger charge is -1.93. The number of phenols is 1. The molecule has 0 aliphatic heterocycles. The molecule has 0 aliphatic rings. The van der Waals surface area contributed by atoms with Crippen LogP contribution in [0.15, 0.2) is 28.8 Å². The van der Waals surface area contributed by atoms with Crippen molar-refractivity contribution >= 4 is 9.84 Å². The minimum absolute atomic E-state index is 0.0515. The van der Waals surface area contributed by atoms with Crippen LogP contribution in [0, 0.1) is 0 Å². The highest BCUT2D eigenvalue weighted by Crippen LogP contribution is 2.19. The van der Waals surface area contributed by atoms with Gasteiger partial charge in [-0.2, -0.15) is 4.98 Å². The molecule has 0 radical (unpaired) electrons. The molecule has 6 nitrogen and oxygen atoms in total. The first-order chi connectivity index (χ1) is 7.94. The van der Waals surface area contributed by atoms with E-state index < -0.39 is 9.84 Å². The van der Waals surface area contributed by atoms with E-state index >= 15 is 0 Å². The first-order valence-electron chi connectivity index (χ1n) is 4.74. The Kier molecular flexibility index (Phi) is 2.84. The normalized spacial score (nSPS) is 11.6. The number of hydrogen-bond acceptors (Lipinski definition) is 6. The number of benzene rings is 1. The van der Waals surface area contributed by atoms with Crippen LogP contribution in [0.25, 0.3) is 11.4 Å². The number of nitrogens with zero attached hydrogens (tertiary/aromatic N) is 2. The minimum Gasteiger partial charge on any atom is -0.508 e. The molecule has 2 rings (SSSR count). The second kappa shape index (κ2) is 4.17. The second-order valence-electron chi connectivity index (χ2n) is 3.63. The Balaban J connectivity index is 2.27. The van der Waals surface area contributed by atoms with Crippen LogP contribution in [0.1, 0.15) is 5.89 Å². The number of aromatic hydroxyl groups is 1. The Morgan fingerprint density at radius 3 is 2.53 bits per heavy atom. The van der Waals surface area contributed by atoms with Gasteiger partial charge in [0, 0.05) is 11.8 Å². The Hall–Kier alpha value is -1.89. The molecule has 1 aromatic carbocycles. The SMILES string of the molecule is CS(=O)(=O)Cc1nc(-c2ccc(O)cc2)no1. The number of phenolic OH excluding ortho intramolecular Hbond substituents is 1. The first-order valence-corrected chi connectivity index (χ1v) is 6.80.